The quantitative estimate of drug-likeness (QED) is 0.607. The molecule has 0 aliphatic rings. The number of aromatic nitrogens is 2. The topological polar surface area (TPSA) is 70.3 Å². The number of hydrogen-bond donors (Lipinski definition) is 0. The average Bonchev–Trinajstić information content (AvgIpc) is 2.91. The predicted octanol–water partition coefficient (Wildman–Crippen LogP) is 2.01. The van der Waals surface area contributed by atoms with E-state index in [1.54, 1.807) is 24.3 Å². The molecule has 0 aliphatic carbocycles. The first-order valence-corrected chi connectivity index (χ1v) is 8.47. The van der Waals surface area contributed by atoms with E-state index in [9.17, 15) is 14.4 Å². The van der Waals surface area contributed by atoms with Crippen molar-refractivity contribution in [1.29, 1.82) is 0 Å². The number of rotatable bonds is 7. The van der Waals surface area contributed by atoms with Crippen LogP contribution in [0.1, 0.15) is 15.9 Å². The molecule has 1 aromatic heterocycles. The van der Waals surface area contributed by atoms with Crippen LogP contribution in [0.2, 0.25) is 0 Å². The number of aldehydes is 1. The van der Waals surface area contributed by atoms with Crippen LogP contribution in [0.5, 0.6) is 5.75 Å². The van der Waals surface area contributed by atoms with Gasteiger partial charge >= 0.3 is 10.6 Å². The second-order valence-electron chi connectivity index (χ2n) is 5.35. The van der Waals surface area contributed by atoms with Crippen LogP contribution in [0.3, 0.4) is 0 Å². The molecule has 0 radical (unpaired) electrons. The summed E-state index contributed by atoms with van der Waals surface area (Å²) in [6.45, 7) is 0.803. The second-order valence-corrected chi connectivity index (χ2v) is 6.32. The van der Waals surface area contributed by atoms with Gasteiger partial charge in [0.15, 0.2) is 0 Å². The molecule has 0 fully saturated rings. The molecule has 6 nitrogen and oxygen atoms in total. The summed E-state index contributed by atoms with van der Waals surface area (Å²) in [4.78, 5) is 34.7. The van der Waals surface area contributed by atoms with Crippen molar-refractivity contribution < 1.29 is 9.53 Å². The summed E-state index contributed by atoms with van der Waals surface area (Å²) in [5.41, 5.74) is 1.14. The van der Waals surface area contributed by atoms with Gasteiger partial charge in [0.1, 0.15) is 18.6 Å². The molecule has 0 amide bonds. The van der Waals surface area contributed by atoms with E-state index in [2.05, 4.69) is 0 Å². The molecule has 0 bridgehead atoms. The van der Waals surface area contributed by atoms with Gasteiger partial charge in [-0.1, -0.05) is 30.3 Å². The van der Waals surface area contributed by atoms with E-state index in [0.717, 1.165) is 23.4 Å². The maximum absolute atomic E-state index is 12.4. The third kappa shape index (κ3) is 4.13. The van der Waals surface area contributed by atoms with Crippen molar-refractivity contribution in [3.8, 4) is 5.75 Å². The van der Waals surface area contributed by atoms with Crippen LogP contribution < -0.4 is 15.3 Å². The zero-order chi connectivity index (χ0) is 17.6. The highest BCUT2D eigenvalue weighted by Gasteiger charge is 2.10. The van der Waals surface area contributed by atoms with Crippen molar-refractivity contribution >= 4 is 17.8 Å². The van der Waals surface area contributed by atoms with E-state index in [1.807, 2.05) is 30.3 Å². The van der Waals surface area contributed by atoms with Gasteiger partial charge in [-0.25, -0.2) is 13.3 Å². The molecule has 0 saturated heterocycles. The second kappa shape index (κ2) is 7.76. The first kappa shape index (κ1) is 16.9. The summed E-state index contributed by atoms with van der Waals surface area (Å²) < 4.78 is 8.17. The largest absolute Gasteiger partial charge is 0.492 e. The smallest absolute Gasteiger partial charge is 0.341 e. The van der Waals surface area contributed by atoms with Gasteiger partial charge in [0, 0.05) is 17.1 Å². The molecule has 0 spiro atoms. The van der Waals surface area contributed by atoms with Crippen LogP contribution in [-0.2, 0) is 13.1 Å². The van der Waals surface area contributed by atoms with Crippen LogP contribution in [0.4, 0.5) is 0 Å². The summed E-state index contributed by atoms with van der Waals surface area (Å²) >= 11 is 0.887. The number of nitrogens with zero attached hydrogens (tertiary/aromatic N) is 2. The van der Waals surface area contributed by atoms with Crippen molar-refractivity contribution in [2.45, 2.75) is 13.1 Å². The standard InChI is InChI=1S/C18H16N2O4S/c21-13-15-6-8-16(9-7-15)24-11-10-20-17(22)19(18(23)25-20)12-14-4-2-1-3-5-14/h1-9,13H,10-12H2. The van der Waals surface area contributed by atoms with Crippen molar-refractivity contribution in [1.82, 2.24) is 8.52 Å². The molecule has 7 heteroatoms. The Morgan fingerprint density at radius 1 is 1.00 bits per heavy atom. The molecule has 3 rings (SSSR count). The molecule has 0 aliphatic heterocycles. The normalized spacial score (nSPS) is 10.6. The number of benzene rings is 2. The van der Waals surface area contributed by atoms with Crippen molar-refractivity contribution in [2.75, 3.05) is 6.61 Å². The van der Waals surface area contributed by atoms with E-state index in [0.29, 0.717) is 11.3 Å². The summed E-state index contributed by atoms with van der Waals surface area (Å²) in [6.07, 6.45) is 0.760. The highest BCUT2D eigenvalue weighted by Crippen LogP contribution is 2.11. The number of hydrogen-bond acceptors (Lipinski definition) is 5. The van der Waals surface area contributed by atoms with Gasteiger partial charge in [-0.3, -0.25) is 9.59 Å². The van der Waals surface area contributed by atoms with Crippen LogP contribution in [0, 0.1) is 0 Å². The van der Waals surface area contributed by atoms with Crippen molar-refractivity contribution in [2.24, 2.45) is 0 Å². The summed E-state index contributed by atoms with van der Waals surface area (Å²) in [6, 6.07) is 16.1. The third-order valence-electron chi connectivity index (χ3n) is 3.62. The molecule has 0 N–H and O–H groups in total. The van der Waals surface area contributed by atoms with Crippen LogP contribution in [0.25, 0.3) is 0 Å². The minimum absolute atomic E-state index is 0.256. The van der Waals surface area contributed by atoms with Gasteiger partial charge in [0.05, 0.1) is 13.1 Å². The van der Waals surface area contributed by atoms with E-state index in [1.165, 1.54) is 8.52 Å². The molecule has 0 unspecified atom stereocenters. The Bertz CT molecular complexity index is 955. The fourth-order valence-corrected chi connectivity index (χ4v) is 3.10. The fraction of sp³-hybridized carbons (Fsp3) is 0.167. The maximum atomic E-state index is 12.4. The van der Waals surface area contributed by atoms with Crippen LogP contribution in [-0.4, -0.2) is 21.4 Å². The predicted molar refractivity (Wildman–Crippen MR) is 95.7 cm³/mol. The summed E-state index contributed by atoms with van der Waals surface area (Å²) in [7, 11) is 0. The van der Waals surface area contributed by atoms with E-state index >= 15 is 0 Å². The van der Waals surface area contributed by atoms with Gasteiger partial charge in [-0.2, -0.15) is 0 Å². The van der Waals surface area contributed by atoms with E-state index in [4.69, 9.17) is 4.74 Å². The summed E-state index contributed by atoms with van der Waals surface area (Å²) in [5, 5.41) is 0. The molecule has 3 aromatic rings. The third-order valence-corrected chi connectivity index (χ3v) is 4.55. The van der Waals surface area contributed by atoms with Gasteiger partial charge < -0.3 is 4.74 Å². The molecule has 1 heterocycles. The lowest BCUT2D eigenvalue weighted by molar-refractivity contribution is 0.112. The highest BCUT2D eigenvalue weighted by molar-refractivity contribution is 7.03. The number of carbonyl (C=O) groups excluding carboxylic acids is 1. The number of ether oxygens (including phenoxy) is 1. The summed E-state index contributed by atoms with van der Waals surface area (Å²) in [5.74, 6) is 0.606. The molecule has 0 atom stereocenters. The lowest BCUT2D eigenvalue weighted by Gasteiger charge is -2.05. The van der Waals surface area contributed by atoms with Crippen LogP contribution >= 0.6 is 11.5 Å². The lowest BCUT2D eigenvalue weighted by Crippen LogP contribution is -2.30. The molecule has 2 aromatic carbocycles. The monoisotopic (exact) mass is 356 g/mol. The van der Waals surface area contributed by atoms with Crippen LogP contribution in [0.15, 0.2) is 64.2 Å². The highest BCUT2D eigenvalue weighted by atomic mass is 32.1. The van der Waals surface area contributed by atoms with Gasteiger partial charge in [-0.05, 0) is 29.8 Å². The SMILES string of the molecule is O=Cc1ccc(OCCn2sc(=O)n(Cc3ccccc3)c2=O)cc1. The van der Waals surface area contributed by atoms with E-state index in [-0.39, 0.29) is 30.3 Å². The maximum Gasteiger partial charge on any atom is 0.341 e. The van der Waals surface area contributed by atoms with Crippen molar-refractivity contribution in [3.63, 3.8) is 0 Å². The molecule has 128 valence electrons. The minimum atomic E-state index is -0.334. The van der Waals surface area contributed by atoms with Gasteiger partial charge in [0.2, 0.25) is 0 Å². The van der Waals surface area contributed by atoms with Gasteiger partial charge in [-0.15, -0.1) is 0 Å². The Hall–Kier alpha value is -2.93. The zero-order valence-electron chi connectivity index (χ0n) is 13.3. The fourth-order valence-electron chi connectivity index (χ4n) is 2.32. The average molecular weight is 356 g/mol. The number of carbonyl (C=O) groups is 1. The Morgan fingerprint density at radius 2 is 1.72 bits per heavy atom. The Labute approximate surface area is 147 Å². The Balaban J connectivity index is 1.65. The Kier molecular flexibility index (Phi) is 5.25. The molecule has 25 heavy (non-hydrogen) atoms. The molecule has 0 saturated carbocycles. The Morgan fingerprint density at radius 3 is 2.40 bits per heavy atom. The first-order valence-electron chi connectivity index (χ1n) is 7.70. The first-order chi connectivity index (χ1) is 12.2. The zero-order valence-corrected chi connectivity index (χ0v) is 14.1. The van der Waals surface area contributed by atoms with E-state index < -0.39 is 0 Å². The van der Waals surface area contributed by atoms with Crippen molar-refractivity contribution in [3.05, 3.63) is 85.9 Å². The van der Waals surface area contributed by atoms with Gasteiger partial charge in [0.25, 0.3) is 0 Å². The molecular formula is C18H16N2O4S. The minimum Gasteiger partial charge on any atom is -0.492 e. The molecular weight excluding hydrogens is 340 g/mol. The lowest BCUT2D eigenvalue weighted by atomic mass is 10.2.